The summed E-state index contributed by atoms with van der Waals surface area (Å²) in [4.78, 5) is 27.4. The molecule has 6 aromatic rings. The van der Waals surface area contributed by atoms with Crippen molar-refractivity contribution in [3.05, 3.63) is 108 Å². The van der Waals surface area contributed by atoms with Crippen LogP contribution < -0.4 is 10.6 Å². The van der Waals surface area contributed by atoms with E-state index in [9.17, 15) is 9.65 Å². The van der Waals surface area contributed by atoms with Gasteiger partial charge in [0.1, 0.15) is 29.0 Å². The lowest BCUT2D eigenvalue weighted by Gasteiger charge is -2.22. The first-order valence-electron chi connectivity index (χ1n) is 15.2. The molecule has 2 aromatic carbocycles. The predicted octanol–water partition coefficient (Wildman–Crippen LogP) is 5.10. The fraction of sp³-hybridized carbons (Fsp3) is 0.200. The van der Waals surface area contributed by atoms with Crippen molar-refractivity contribution >= 4 is 22.8 Å². The van der Waals surface area contributed by atoms with E-state index >= 15 is 0 Å². The molecule has 2 aliphatic heterocycles. The van der Waals surface area contributed by atoms with Crippen molar-refractivity contribution in [2.24, 2.45) is 11.8 Å². The van der Waals surface area contributed by atoms with Crippen LogP contribution in [-0.2, 0) is 6.54 Å². The van der Waals surface area contributed by atoms with E-state index in [1.807, 2.05) is 41.0 Å². The summed E-state index contributed by atoms with van der Waals surface area (Å²) in [6.45, 7) is 4.77. The van der Waals surface area contributed by atoms with Crippen molar-refractivity contribution in [1.29, 1.82) is 5.26 Å². The standard InChI is InChI=1S/C35H29FN10/c36-26-7-5-23(6-8-26)29-11-12-30-35(41-29)46(34(42-30)28-2-1-14-40-33(28)38)27-9-3-22(4-10-27)17-44-18-24-20-45(21-25(24)19-44)32-13-15-39-31(16-37)43-32/h1-15,24-25H,17-21H2,(H2,38,40)/t24-,25?/m0/s1. The first-order valence-corrected chi connectivity index (χ1v) is 15.2. The minimum absolute atomic E-state index is 0.212. The van der Waals surface area contributed by atoms with E-state index < -0.39 is 0 Å². The van der Waals surface area contributed by atoms with Crippen LogP contribution in [0.3, 0.4) is 0 Å². The zero-order valence-corrected chi connectivity index (χ0v) is 24.8. The third kappa shape index (κ3) is 5.08. The number of rotatable bonds is 6. The van der Waals surface area contributed by atoms with Crippen LogP contribution in [0.15, 0.2) is 91.3 Å². The zero-order valence-electron chi connectivity index (χ0n) is 24.8. The molecule has 0 spiro atoms. The molecule has 10 nitrogen and oxygen atoms in total. The van der Waals surface area contributed by atoms with Crippen LogP contribution >= 0.6 is 0 Å². The smallest absolute Gasteiger partial charge is 0.234 e. The Bertz CT molecular complexity index is 2090. The Morgan fingerprint density at radius 1 is 0.826 bits per heavy atom. The van der Waals surface area contributed by atoms with Gasteiger partial charge in [0, 0.05) is 56.4 Å². The molecule has 2 N–H and O–H groups in total. The highest BCUT2D eigenvalue weighted by Gasteiger charge is 2.40. The first-order chi connectivity index (χ1) is 22.5. The molecule has 11 heteroatoms. The molecule has 2 saturated heterocycles. The molecule has 1 unspecified atom stereocenters. The lowest BCUT2D eigenvalue weighted by molar-refractivity contribution is 0.309. The second kappa shape index (κ2) is 11.3. The summed E-state index contributed by atoms with van der Waals surface area (Å²) < 4.78 is 15.6. The van der Waals surface area contributed by atoms with Crippen LogP contribution in [0.1, 0.15) is 11.4 Å². The second-order valence-corrected chi connectivity index (χ2v) is 11.9. The minimum Gasteiger partial charge on any atom is -0.383 e. The number of hydrogen-bond donors (Lipinski definition) is 1. The molecule has 2 fully saturated rings. The number of anilines is 2. The van der Waals surface area contributed by atoms with Gasteiger partial charge in [-0.3, -0.25) is 9.47 Å². The van der Waals surface area contributed by atoms with Gasteiger partial charge in [0.2, 0.25) is 5.82 Å². The summed E-state index contributed by atoms with van der Waals surface area (Å²) in [6.07, 6.45) is 3.32. The molecule has 0 bridgehead atoms. The number of aromatic nitrogens is 6. The lowest BCUT2D eigenvalue weighted by atomic mass is 10.0. The Labute approximate surface area is 264 Å². The number of nitrogens with two attached hydrogens (primary N) is 1. The second-order valence-electron chi connectivity index (χ2n) is 11.9. The lowest BCUT2D eigenvalue weighted by Crippen LogP contribution is -2.29. The van der Waals surface area contributed by atoms with Gasteiger partial charge in [-0.25, -0.2) is 29.3 Å². The van der Waals surface area contributed by atoms with Crippen molar-refractivity contribution in [2.75, 3.05) is 36.8 Å². The summed E-state index contributed by atoms with van der Waals surface area (Å²) in [6, 6.07) is 26.3. The van der Waals surface area contributed by atoms with Gasteiger partial charge in [-0.1, -0.05) is 12.1 Å². The summed E-state index contributed by atoms with van der Waals surface area (Å²) in [5, 5.41) is 9.17. The van der Waals surface area contributed by atoms with Gasteiger partial charge in [0.25, 0.3) is 0 Å². The number of hydrogen-bond acceptors (Lipinski definition) is 9. The number of nitriles is 1. The molecule has 8 rings (SSSR count). The molecule has 2 aliphatic rings. The summed E-state index contributed by atoms with van der Waals surface area (Å²) in [7, 11) is 0. The van der Waals surface area contributed by atoms with E-state index in [2.05, 4.69) is 49.0 Å². The van der Waals surface area contributed by atoms with E-state index in [0.29, 0.717) is 29.1 Å². The van der Waals surface area contributed by atoms with E-state index in [-0.39, 0.29) is 11.6 Å². The maximum absolute atomic E-state index is 13.6. The molecule has 0 amide bonds. The van der Waals surface area contributed by atoms with Crippen LogP contribution in [0.2, 0.25) is 0 Å². The average Bonchev–Trinajstić information content (AvgIpc) is 3.77. The predicted molar refractivity (Wildman–Crippen MR) is 173 cm³/mol. The molecule has 0 radical (unpaired) electrons. The van der Waals surface area contributed by atoms with Gasteiger partial charge < -0.3 is 10.6 Å². The largest absolute Gasteiger partial charge is 0.383 e. The van der Waals surface area contributed by atoms with Crippen LogP contribution in [0.25, 0.3) is 39.5 Å². The third-order valence-electron chi connectivity index (χ3n) is 8.95. The van der Waals surface area contributed by atoms with Crippen LogP contribution in [-0.4, -0.2) is 60.6 Å². The normalized spacial score (nSPS) is 17.8. The monoisotopic (exact) mass is 608 g/mol. The topological polar surface area (TPSA) is 126 Å². The molecule has 46 heavy (non-hydrogen) atoms. The number of nitrogen functional groups attached to an aromatic ring is 1. The number of pyridine rings is 2. The molecular weight excluding hydrogens is 579 g/mol. The summed E-state index contributed by atoms with van der Waals surface area (Å²) in [5.41, 5.74) is 12.1. The van der Waals surface area contributed by atoms with E-state index in [4.69, 9.17) is 15.7 Å². The molecule has 0 saturated carbocycles. The fourth-order valence-corrected chi connectivity index (χ4v) is 6.76. The number of imidazole rings is 1. The Hall–Kier alpha value is -5.73. The number of benzene rings is 2. The Balaban J connectivity index is 1.05. The SMILES string of the molecule is N#Cc1nccc(N2CC3CN(Cc4ccc(-n5c(-c6cccnc6N)nc6ccc(-c7ccc(F)cc7)nc65)cc4)C[C@H]3C2)n1. The highest BCUT2D eigenvalue weighted by Crippen LogP contribution is 2.35. The maximum atomic E-state index is 13.6. The van der Waals surface area contributed by atoms with Gasteiger partial charge in [0.15, 0.2) is 11.5 Å². The third-order valence-corrected chi connectivity index (χ3v) is 8.95. The van der Waals surface area contributed by atoms with E-state index in [1.165, 1.54) is 17.7 Å². The zero-order chi connectivity index (χ0) is 31.2. The molecule has 4 aromatic heterocycles. The van der Waals surface area contributed by atoms with Gasteiger partial charge in [0.05, 0.1) is 11.3 Å². The van der Waals surface area contributed by atoms with Crippen molar-refractivity contribution < 1.29 is 4.39 Å². The van der Waals surface area contributed by atoms with Crippen molar-refractivity contribution in [1.82, 2.24) is 34.4 Å². The van der Waals surface area contributed by atoms with Gasteiger partial charge >= 0.3 is 0 Å². The Kier molecular flexibility index (Phi) is 6.84. The summed E-state index contributed by atoms with van der Waals surface area (Å²) >= 11 is 0. The minimum atomic E-state index is -0.291. The van der Waals surface area contributed by atoms with Gasteiger partial charge in [-0.2, -0.15) is 5.26 Å². The number of halogens is 1. The van der Waals surface area contributed by atoms with Gasteiger partial charge in [-0.15, -0.1) is 0 Å². The van der Waals surface area contributed by atoms with E-state index in [0.717, 1.165) is 66.6 Å². The molecule has 0 aliphatic carbocycles. The Morgan fingerprint density at radius 3 is 2.35 bits per heavy atom. The van der Waals surface area contributed by atoms with Crippen molar-refractivity contribution in [3.8, 4) is 34.4 Å². The highest BCUT2D eigenvalue weighted by molar-refractivity contribution is 5.84. The molecule has 226 valence electrons. The number of nitrogens with zero attached hydrogens (tertiary/aromatic N) is 9. The van der Waals surface area contributed by atoms with Crippen LogP contribution in [0, 0.1) is 29.0 Å². The average molecular weight is 609 g/mol. The molecule has 6 heterocycles. The van der Waals surface area contributed by atoms with Crippen LogP contribution in [0.4, 0.5) is 16.0 Å². The summed E-state index contributed by atoms with van der Waals surface area (Å²) in [5.74, 6) is 2.92. The van der Waals surface area contributed by atoms with E-state index in [1.54, 1.807) is 24.5 Å². The van der Waals surface area contributed by atoms with Crippen LogP contribution in [0.5, 0.6) is 0 Å². The number of likely N-dealkylation sites (tertiary alicyclic amines) is 1. The first kappa shape index (κ1) is 27.8. The van der Waals surface area contributed by atoms with Crippen molar-refractivity contribution in [3.63, 3.8) is 0 Å². The van der Waals surface area contributed by atoms with Crippen molar-refractivity contribution in [2.45, 2.75) is 6.54 Å². The number of fused-ring (bicyclic) bond motifs is 2. The highest BCUT2D eigenvalue weighted by atomic mass is 19.1. The quantitative estimate of drug-likeness (QED) is 0.275. The molecular formula is C35H29FN10. The Morgan fingerprint density at radius 2 is 1.61 bits per heavy atom. The maximum Gasteiger partial charge on any atom is 0.234 e. The van der Waals surface area contributed by atoms with Gasteiger partial charge in [-0.05, 0) is 84.1 Å². The fourth-order valence-electron chi connectivity index (χ4n) is 6.76. The molecule has 2 atom stereocenters.